The molecule has 0 atom stereocenters. The Balaban J connectivity index is 3.31. The molecular weight excluding hydrogens is 80.1 g/mol. The standard InChI is InChI=1S/C3H4OSi/c1-2-3-5-4/h2-3H,1H2. The second kappa shape index (κ2) is 3.63. The summed E-state index contributed by atoms with van der Waals surface area (Å²) in [6.45, 7) is 3.30. The van der Waals surface area contributed by atoms with Gasteiger partial charge in [0, 0.05) is 0 Å². The minimum absolute atomic E-state index is 0.335. The van der Waals surface area contributed by atoms with Crippen LogP contribution < -0.4 is 0 Å². The quantitative estimate of drug-likeness (QED) is 0.409. The molecular formula is C3H4OSi. The van der Waals surface area contributed by atoms with Crippen LogP contribution in [0.1, 0.15) is 0 Å². The molecule has 0 rings (SSSR count). The SMILES string of the molecule is C=CC=[Si]=O. The van der Waals surface area contributed by atoms with Gasteiger partial charge in [0.05, 0.1) is 0 Å². The molecule has 0 fully saturated rings. The summed E-state index contributed by atoms with van der Waals surface area (Å²) in [5, 5.41) is 0. The van der Waals surface area contributed by atoms with Crippen molar-refractivity contribution < 1.29 is 4.46 Å². The molecule has 0 aromatic carbocycles. The van der Waals surface area contributed by atoms with Crippen molar-refractivity contribution in [1.82, 2.24) is 0 Å². The van der Waals surface area contributed by atoms with Crippen LogP contribution in [0.5, 0.6) is 0 Å². The third-order valence-corrected chi connectivity index (χ3v) is 0.558. The average molecular weight is 84.1 g/mol. The highest BCUT2D eigenvalue weighted by atomic mass is 28.2. The maximum absolute atomic E-state index is 9.43. The van der Waals surface area contributed by atoms with Gasteiger partial charge in [0.2, 0.25) is 0 Å². The summed E-state index contributed by atoms with van der Waals surface area (Å²) in [6.07, 6.45) is 1.51. The highest BCUT2D eigenvalue weighted by Gasteiger charge is 1.43. The van der Waals surface area contributed by atoms with Gasteiger partial charge in [-0.1, -0.05) is 12.7 Å². The van der Waals surface area contributed by atoms with Gasteiger partial charge in [-0.2, -0.15) is 0 Å². The van der Waals surface area contributed by atoms with E-state index < -0.39 is 0 Å². The molecule has 0 aliphatic heterocycles. The molecule has 0 radical (unpaired) electrons. The van der Waals surface area contributed by atoms with E-state index in [0.29, 0.717) is 0 Å². The van der Waals surface area contributed by atoms with Crippen molar-refractivity contribution in [3.8, 4) is 0 Å². The Morgan fingerprint density at radius 3 is 2.40 bits per heavy atom. The van der Waals surface area contributed by atoms with E-state index in [1.807, 2.05) is 0 Å². The largest absolute Gasteiger partial charge is 0.325 e. The van der Waals surface area contributed by atoms with E-state index in [0.717, 1.165) is 0 Å². The van der Waals surface area contributed by atoms with E-state index in [9.17, 15) is 4.46 Å². The first-order valence-electron chi connectivity index (χ1n) is 1.23. The van der Waals surface area contributed by atoms with E-state index in [1.54, 1.807) is 0 Å². The summed E-state index contributed by atoms with van der Waals surface area (Å²) >= 11 is 0. The summed E-state index contributed by atoms with van der Waals surface area (Å²) in [5.41, 5.74) is 1.49. The zero-order valence-corrected chi connectivity index (χ0v) is 3.77. The molecule has 0 bridgehead atoms. The smallest absolute Gasteiger partial charge is 0.261 e. The van der Waals surface area contributed by atoms with Crippen LogP contribution >= 0.6 is 0 Å². The fourth-order valence-corrected chi connectivity index (χ4v) is 0.144. The van der Waals surface area contributed by atoms with Crippen LogP contribution in [0, 0.1) is 0 Å². The number of hydrogen-bond donors (Lipinski definition) is 0. The molecule has 0 aromatic rings. The molecule has 26 valence electrons. The van der Waals surface area contributed by atoms with Crippen molar-refractivity contribution in [3.05, 3.63) is 12.7 Å². The molecule has 1 nitrogen and oxygen atoms in total. The van der Waals surface area contributed by atoms with Gasteiger partial charge in [-0.05, 0) is 5.67 Å². The van der Waals surface area contributed by atoms with Crippen molar-refractivity contribution in [2.75, 3.05) is 0 Å². The van der Waals surface area contributed by atoms with E-state index >= 15 is 0 Å². The van der Waals surface area contributed by atoms with Crippen molar-refractivity contribution in [2.24, 2.45) is 0 Å². The van der Waals surface area contributed by atoms with E-state index in [2.05, 4.69) is 6.58 Å². The fraction of sp³-hybridized carbons (Fsp3) is 0. The molecule has 5 heavy (non-hydrogen) atoms. The van der Waals surface area contributed by atoms with Gasteiger partial charge in [-0.25, -0.2) is 0 Å². The number of allylic oxidation sites excluding steroid dienone is 1. The molecule has 0 heterocycles. The van der Waals surface area contributed by atoms with E-state index in [4.69, 9.17) is 0 Å². The van der Waals surface area contributed by atoms with Crippen LogP contribution in [-0.2, 0) is 4.46 Å². The molecule has 2 heteroatoms. The third-order valence-electron chi connectivity index (χ3n) is 0.186. The van der Waals surface area contributed by atoms with Crippen LogP contribution in [0.3, 0.4) is 0 Å². The summed E-state index contributed by atoms with van der Waals surface area (Å²) in [6, 6.07) is 0. The topological polar surface area (TPSA) is 17.1 Å². The summed E-state index contributed by atoms with van der Waals surface area (Å²) in [5.74, 6) is 0. The van der Waals surface area contributed by atoms with Crippen molar-refractivity contribution >= 4 is 14.7 Å². The van der Waals surface area contributed by atoms with Crippen LogP contribution in [0.15, 0.2) is 12.7 Å². The van der Waals surface area contributed by atoms with E-state index in [-0.39, 0.29) is 9.02 Å². The normalized spacial score (nSPS) is 4.80. The van der Waals surface area contributed by atoms with Crippen molar-refractivity contribution in [2.45, 2.75) is 0 Å². The zero-order chi connectivity index (χ0) is 4.12. The predicted octanol–water partition coefficient (Wildman–Crippen LogP) is 0.0243. The molecule has 0 saturated heterocycles. The maximum Gasteiger partial charge on any atom is 0.261 e. The average Bonchev–Trinajstić information content (AvgIpc) is 1.41. The van der Waals surface area contributed by atoms with Crippen molar-refractivity contribution in [3.63, 3.8) is 0 Å². The highest BCUT2D eigenvalue weighted by Crippen LogP contribution is 1.36. The molecule has 0 unspecified atom stereocenters. The lowest BCUT2D eigenvalue weighted by molar-refractivity contribution is 0.587. The molecule has 0 aromatic heterocycles. The van der Waals surface area contributed by atoms with E-state index in [1.165, 1.54) is 11.7 Å². The molecule has 0 saturated carbocycles. The lowest BCUT2D eigenvalue weighted by atomic mass is 10.8. The lowest BCUT2D eigenvalue weighted by Gasteiger charge is -1.43. The first-order valence-corrected chi connectivity index (χ1v) is 2.22. The van der Waals surface area contributed by atoms with Gasteiger partial charge in [0.25, 0.3) is 9.02 Å². The first-order chi connectivity index (χ1) is 2.41. The summed E-state index contributed by atoms with van der Waals surface area (Å²) in [7, 11) is -0.335. The summed E-state index contributed by atoms with van der Waals surface area (Å²) in [4.78, 5) is 0. The first kappa shape index (κ1) is 4.63. The Kier molecular flexibility index (Phi) is 3.36. The van der Waals surface area contributed by atoms with Gasteiger partial charge in [-0.3, -0.25) is 0 Å². The van der Waals surface area contributed by atoms with Crippen LogP contribution in [0.2, 0.25) is 0 Å². The van der Waals surface area contributed by atoms with Crippen molar-refractivity contribution in [1.29, 1.82) is 0 Å². The Hall–Kier alpha value is -0.373. The minimum Gasteiger partial charge on any atom is -0.325 e. The monoisotopic (exact) mass is 84.0 g/mol. The second-order valence-electron chi connectivity index (χ2n) is 0.520. The van der Waals surface area contributed by atoms with Gasteiger partial charge in [-0.15, -0.1) is 0 Å². The Bertz CT molecular complexity index is 71.0. The van der Waals surface area contributed by atoms with Gasteiger partial charge < -0.3 is 4.46 Å². The second-order valence-corrected chi connectivity index (χ2v) is 1.09. The molecule has 0 spiro atoms. The molecule has 0 aliphatic carbocycles. The minimum atomic E-state index is -0.335. The Morgan fingerprint density at radius 1 is 1.80 bits per heavy atom. The molecule has 0 N–H and O–H groups in total. The zero-order valence-electron chi connectivity index (χ0n) is 2.77. The van der Waals surface area contributed by atoms with Gasteiger partial charge in [0.1, 0.15) is 0 Å². The number of rotatable bonds is 1. The maximum atomic E-state index is 9.43. The lowest BCUT2D eigenvalue weighted by Crippen LogP contribution is -1.57. The Morgan fingerprint density at radius 2 is 2.40 bits per heavy atom. The molecule has 0 aliphatic rings. The van der Waals surface area contributed by atoms with Crippen LogP contribution in [0.4, 0.5) is 0 Å². The predicted molar refractivity (Wildman–Crippen MR) is 22.7 cm³/mol. The third kappa shape index (κ3) is 3.63. The number of hydrogen-bond acceptors (Lipinski definition) is 1. The molecule has 0 amide bonds. The summed E-state index contributed by atoms with van der Waals surface area (Å²) < 4.78 is 9.43. The Labute approximate surface area is 32.8 Å². The van der Waals surface area contributed by atoms with Gasteiger partial charge in [0.15, 0.2) is 0 Å². The fourth-order valence-electron chi connectivity index (χ4n) is 0.0481. The van der Waals surface area contributed by atoms with Gasteiger partial charge >= 0.3 is 0 Å². The van der Waals surface area contributed by atoms with Crippen LogP contribution in [0.25, 0.3) is 0 Å². The highest BCUT2D eigenvalue weighted by molar-refractivity contribution is 6.36. The van der Waals surface area contributed by atoms with Crippen LogP contribution in [-0.4, -0.2) is 14.7 Å².